The molecule has 2 heterocycles. The van der Waals surface area contributed by atoms with Crippen molar-refractivity contribution in [3.8, 4) is 17.4 Å². The fourth-order valence-electron chi connectivity index (χ4n) is 2.51. The van der Waals surface area contributed by atoms with Crippen molar-refractivity contribution in [2.75, 3.05) is 26.8 Å². The second-order valence-electron chi connectivity index (χ2n) is 5.86. The van der Waals surface area contributed by atoms with E-state index in [-0.39, 0.29) is 31.5 Å². The van der Waals surface area contributed by atoms with Crippen molar-refractivity contribution >= 4 is 5.91 Å². The van der Waals surface area contributed by atoms with Crippen molar-refractivity contribution in [1.82, 2.24) is 9.88 Å². The van der Waals surface area contributed by atoms with E-state index >= 15 is 0 Å². The maximum atomic E-state index is 12.7. The average molecular weight is 382 g/mol. The fourth-order valence-corrected chi connectivity index (χ4v) is 2.51. The molecule has 0 atom stereocenters. The van der Waals surface area contributed by atoms with Crippen LogP contribution in [0.3, 0.4) is 0 Å². The molecule has 3 rings (SSSR count). The quantitative estimate of drug-likeness (QED) is 0.769. The van der Waals surface area contributed by atoms with E-state index in [1.54, 1.807) is 24.3 Å². The van der Waals surface area contributed by atoms with Crippen LogP contribution in [0.15, 0.2) is 42.6 Å². The van der Waals surface area contributed by atoms with Gasteiger partial charge in [0, 0.05) is 12.3 Å². The van der Waals surface area contributed by atoms with Crippen LogP contribution in [-0.2, 0) is 11.0 Å². The van der Waals surface area contributed by atoms with Gasteiger partial charge in [-0.2, -0.15) is 13.2 Å². The van der Waals surface area contributed by atoms with E-state index in [4.69, 9.17) is 14.2 Å². The summed E-state index contributed by atoms with van der Waals surface area (Å²) in [6.07, 6.45) is -3.82. The highest BCUT2D eigenvalue weighted by Gasteiger charge is 2.34. The van der Waals surface area contributed by atoms with Crippen LogP contribution < -0.4 is 14.2 Å². The molecule has 0 radical (unpaired) electrons. The van der Waals surface area contributed by atoms with E-state index in [0.717, 1.165) is 18.3 Å². The number of alkyl halides is 3. The van der Waals surface area contributed by atoms with Crippen molar-refractivity contribution in [3.05, 3.63) is 48.2 Å². The van der Waals surface area contributed by atoms with Gasteiger partial charge in [0.2, 0.25) is 5.88 Å². The van der Waals surface area contributed by atoms with Gasteiger partial charge in [-0.3, -0.25) is 4.79 Å². The molecule has 2 aromatic rings. The van der Waals surface area contributed by atoms with Crippen LogP contribution in [0.4, 0.5) is 13.2 Å². The molecule has 6 nitrogen and oxygen atoms in total. The molecule has 1 fully saturated rings. The minimum atomic E-state index is -4.46. The van der Waals surface area contributed by atoms with Crippen LogP contribution in [0, 0.1) is 0 Å². The monoisotopic (exact) mass is 382 g/mol. The molecule has 9 heteroatoms. The Hall–Kier alpha value is -2.97. The number of hydrogen-bond acceptors (Lipinski definition) is 5. The highest BCUT2D eigenvalue weighted by atomic mass is 19.4. The Bertz CT molecular complexity index is 807. The van der Waals surface area contributed by atoms with Crippen LogP contribution in [0.25, 0.3) is 0 Å². The molecule has 0 unspecified atom stereocenters. The minimum absolute atomic E-state index is 0.118. The molecule has 1 amide bonds. The zero-order valence-corrected chi connectivity index (χ0v) is 14.4. The number of aromatic nitrogens is 1. The molecule has 0 N–H and O–H groups in total. The number of carbonyl (C=O) groups is 1. The Balaban J connectivity index is 1.47. The highest BCUT2D eigenvalue weighted by Crippen LogP contribution is 2.31. The van der Waals surface area contributed by atoms with E-state index < -0.39 is 17.8 Å². The first kappa shape index (κ1) is 18.8. The summed E-state index contributed by atoms with van der Waals surface area (Å²) in [7, 11) is 1.50. The third-order valence-electron chi connectivity index (χ3n) is 3.97. The van der Waals surface area contributed by atoms with E-state index in [9.17, 15) is 18.0 Å². The minimum Gasteiger partial charge on any atom is -0.493 e. The Labute approximate surface area is 153 Å². The highest BCUT2D eigenvalue weighted by molar-refractivity contribution is 5.78. The topological polar surface area (TPSA) is 60.9 Å². The summed E-state index contributed by atoms with van der Waals surface area (Å²) < 4.78 is 54.1. The molecule has 144 valence electrons. The second kappa shape index (κ2) is 7.73. The standard InChI is InChI=1S/C18H17F3N2O4/c1-25-14-4-2-3-5-15(14)26-11-17(24)23-9-13(10-23)27-16-8-12(6-7-22-16)18(19,20)21/h2-8,13H,9-11H2,1H3. The van der Waals surface area contributed by atoms with E-state index in [0.29, 0.717) is 11.5 Å². The summed E-state index contributed by atoms with van der Waals surface area (Å²) in [5, 5.41) is 0. The van der Waals surface area contributed by atoms with Gasteiger partial charge in [0.1, 0.15) is 6.10 Å². The number of likely N-dealkylation sites (tertiary alicyclic amines) is 1. The predicted molar refractivity (Wildman–Crippen MR) is 88.7 cm³/mol. The van der Waals surface area contributed by atoms with Crippen molar-refractivity contribution in [3.63, 3.8) is 0 Å². The number of methoxy groups -OCH3 is 1. The van der Waals surface area contributed by atoms with Crippen LogP contribution in [0.1, 0.15) is 5.56 Å². The number of hydrogen-bond donors (Lipinski definition) is 0. The molecule has 1 aromatic carbocycles. The third-order valence-corrected chi connectivity index (χ3v) is 3.97. The molecular weight excluding hydrogens is 365 g/mol. The van der Waals surface area contributed by atoms with Crippen molar-refractivity contribution < 1.29 is 32.2 Å². The lowest BCUT2D eigenvalue weighted by molar-refractivity contribution is -0.142. The number of pyridine rings is 1. The average Bonchev–Trinajstić information content (AvgIpc) is 2.62. The van der Waals surface area contributed by atoms with Gasteiger partial charge < -0.3 is 19.1 Å². The second-order valence-corrected chi connectivity index (χ2v) is 5.86. The van der Waals surface area contributed by atoms with Gasteiger partial charge >= 0.3 is 6.18 Å². The maximum absolute atomic E-state index is 12.7. The summed E-state index contributed by atoms with van der Waals surface area (Å²) in [5.74, 6) is 0.602. The normalized spacial score (nSPS) is 14.4. The number of halogens is 3. The van der Waals surface area contributed by atoms with Gasteiger partial charge in [-0.25, -0.2) is 4.98 Å². The molecule has 0 saturated carbocycles. The number of para-hydroxylation sites is 2. The first-order chi connectivity index (χ1) is 12.9. The van der Waals surface area contributed by atoms with Gasteiger partial charge in [-0.15, -0.1) is 0 Å². The Kier molecular flexibility index (Phi) is 5.38. The SMILES string of the molecule is COc1ccccc1OCC(=O)N1CC(Oc2cc(C(F)(F)F)ccn2)C1. The van der Waals surface area contributed by atoms with Gasteiger partial charge in [0.05, 0.1) is 25.8 Å². The van der Waals surface area contributed by atoms with E-state index in [1.807, 2.05) is 0 Å². The maximum Gasteiger partial charge on any atom is 0.416 e. The largest absolute Gasteiger partial charge is 0.493 e. The van der Waals surface area contributed by atoms with E-state index in [1.165, 1.54) is 12.0 Å². The molecule has 27 heavy (non-hydrogen) atoms. The molecule has 1 aliphatic heterocycles. The van der Waals surface area contributed by atoms with Crippen LogP contribution in [-0.4, -0.2) is 48.7 Å². The molecule has 1 aliphatic rings. The molecular formula is C18H17F3N2O4. The zero-order chi connectivity index (χ0) is 19.4. The summed E-state index contributed by atoms with van der Waals surface area (Å²) in [5.41, 5.74) is -0.829. The number of amides is 1. The molecule has 1 aromatic heterocycles. The number of ether oxygens (including phenoxy) is 3. The summed E-state index contributed by atoms with van der Waals surface area (Å²) in [4.78, 5) is 17.4. The van der Waals surface area contributed by atoms with Crippen LogP contribution in [0.5, 0.6) is 17.4 Å². The first-order valence-corrected chi connectivity index (χ1v) is 8.10. The van der Waals surface area contributed by atoms with Gasteiger partial charge in [-0.05, 0) is 18.2 Å². The molecule has 0 aliphatic carbocycles. The van der Waals surface area contributed by atoms with Crippen LogP contribution in [0.2, 0.25) is 0 Å². The fraction of sp³-hybridized carbons (Fsp3) is 0.333. The molecule has 0 spiro atoms. The zero-order valence-electron chi connectivity index (χ0n) is 14.4. The first-order valence-electron chi connectivity index (χ1n) is 8.10. The molecule has 0 bridgehead atoms. The van der Waals surface area contributed by atoms with Crippen LogP contribution >= 0.6 is 0 Å². The summed E-state index contributed by atoms with van der Waals surface area (Å²) in [6.45, 7) is 0.340. The van der Waals surface area contributed by atoms with Crippen molar-refractivity contribution in [2.45, 2.75) is 12.3 Å². The van der Waals surface area contributed by atoms with Gasteiger partial charge in [-0.1, -0.05) is 12.1 Å². The number of rotatable bonds is 6. The van der Waals surface area contributed by atoms with Gasteiger partial charge in [0.15, 0.2) is 18.1 Å². The lowest BCUT2D eigenvalue weighted by Crippen LogP contribution is -2.57. The Morgan fingerprint density at radius 2 is 1.93 bits per heavy atom. The lowest BCUT2D eigenvalue weighted by atomic mass is 10.1. The summed E-state index contributed by atoms with van der Waals surface area (Å²) >= 11 is 0. The lowest BCUT2D eigenvalue weighted by Gasteiger charge is -2.38. The van der Waals surface area contributed by atoms with E-state index in [2.05, 4.69) is 4.98 Å². The smallest absolute Gasteiger partial charge is 0.416 e. The number of nitrogens with zero attached hydrogens (tertiary/aromatic N) is 2. The third kappa shape index (κ3) is 4.60. The predicted octanol–water partition coefficient (Wildman–Crippen LogP) is 2.78. The number of benzene rings is 1. The van der Waals surface area contributed by atoms with Gasteiger partial charge in [0.25, 0.3) is 5.91 Å². The Morgan fingerprint density at radius 3 is 2.59 bits per heavy atom. The van der Waals surface area contributed by atoms with Crippen molar-refractivity contribution in [2.24, 2.45) is 0 Å². The molecule has 1 saturated heterocycles. The summed E-state index contributed by atoms with van der Waals surface area (Å²) in [6, 6.07) is 8.67. The Morgan fingerprint density at radius 1 is 1.22 bits per heavy atom. The number of carbonyl (C=O) groups excluding carboxylic acids is 1. The van der Waals surface area contributed by atoms with Crippen molar-refractivity contribution in [1.29, 1.82) is 0 Å².